The van der Waals surface area contributed by atoms with E-state index >= 15 is 0 Å². The summed E-state index contributed by atoms with van der Waals surface area (Å²) in [6, 6.07) is 95.6. The van der Waals surface area contributed by atoms with Gasteiger partial charge in [-0.05, 0) is 109 Å². The van der Waals surface area contributed by atoms with Gasteiger partial charge in [0.15, 0.2) is 0 Å². The molecule has 13 aromatic rings. The molecule has 0 unspecified atom stereocenters. The molecule has 1 nitrogen and oxygen atoms in total. The molecule has 2 heterocycles. The molecule has 13 rings (SSSR count). The largest absolute Gasteiger partial charge is 0.309 e. The Labute approximate surface area is 410 Å². The van der Waals surface area contributed by atoms with Crippen molar-refractivity contribution < 1.29 is 0 Å². The van der Waals surface area contributed by atoms with Crippen LogP contribution < -0.4 is 4.90 Å². The molecule has 0 aliphatic heterocycles. The Morgan fingerprint density at radius 2 is 0.681 bits per heavy atom. The summed E-state index contributed by atoms with van der Waals surface area (Å²) >= 11 is 3.77. The SMILES string of the molecule is c1ccc(-c2ccc3c(c2)sc2cccc(N(c4ccc(-c5ccccc5-c5ccccc5-c5ccccc5)cc4)c4ccc(-c5ccccc5)c5sc6cc(-c7ccccc7)ccc6c45)c23)cc1. The molecule has 0 aliphatic rings. The number of rotatable bonds is 9. The summed E-state index contributed by atoms with van der Waals surface area (Å²) in [6.07, 6.45) is 0. The van der Waals surface area contributed by atoms with Gasteiger partial charge in [-0.2, -0.15) is 0 Å². The normalized spacial score (nSPS) is 11.5. The maximum atomic E-state index is 2.54. The van der Waals surface area contributed by atoms with Crippen LogP contribution in [0.15, 0.2) is 261 Å². The third kappa shape index (κ3) is 7.32. The van der Waals surface area contributed by atoms with Crippen LogP contribution in [0.1, 0.15) is 0 Å². The number of fused-ring (bicyclic) bond motifs is 6. The Bertz CT molecular complexity index is 3980. The van der Waals surface area contributed by atoms with Gasteiger partial charge in [-0.3, -0.25) is 0 Å². The van der Waals surface area contributed by atoms with Gasteiger partial charge in [-0.15, -0.1) is 22.7 Å². The molecule has 0 fully saturated rings. The first kappa shape index (κ1) is 40.9. The van der Waals surface area contributed by atoms with Gasteiger partial charge < -0.3 is 4.90 Å². The lowest BCUT2D eigenvalue weighted by molar-refractivity contribution is 1.32. The number of hydrogen-bond acceptors (Lipinski definition) is 3. The van der Waals surface area contributed by atoms with Crippen molar-refractivity contribution in [1.29, 1.82) is 0 Å². The van der Waals surface area contributed by atoms with Gasteiger partial charge in [0, 0.05) is 46.0 Å². The molecule has 324 valence electrons. The van der Waals surface area contributed by atoms with Crippen LogP contribution in [0.25, 0.3) is 107 Å². The number of benzene rings is 11. The first-order valence-corrected chi connectivity index (χ1v) is 25.1. The summed E-state index contributed by atoms with van der Waals surface area (Å²) in [6.45, 7) is 0. The number of thiophene rings is 2. The van der Waals surface area contributed by atoms with E-state index in [0.717, 1.165) is 17.1 Å². The molecule has 0 saturated heterocycles. The van der Waals surface area contributed by atoms with E-state index in [0.29, 0.717) is 0 Å². The highest BCUT2D eigenvalue weighted by atomic mass is 32.1. The van der Waals surface area contributed by atoms with Gasteiger partial charge in [-0.25, -0.2) is 0 Å². The molecule has 0 amide bonds. The second-order valence-electron chi connectivity index (χ2n) is 17.6. The first-order chi connectivity index (χ1) is 34.2. The minimum Gasteiger partial charge on any atom is -0.309 e. The standard InChI is InChI=1S/C66H43NS2/c1-5-18-44(19-6-1)49-34-38-57-62(42-49)68-61-31-17-30-59(64(57)61)67(51-36-32-48(33-37-51)53-27-14-16-29-56(53)55-28-15-13-26-52(55)46-22-9-3-10-23-46)60-41-40-54(47-24-11-4-12-25-47)66-65(60)58-39-35-50(43-63(58)69-66)45-20-7-2-8-21-45/h1-43H. The molecule has 69 heavy (non-hydrogen) atoms. The Morgan fingerprint density at radius 1 is 0.246 bits per heavy atom. The van der Waals surface area contributed by atoms with Crippen molar-refractivity contribution in [3.63, 3.8) is 0 Å². The number of nitrogens with zero attached hydrogens (tertiary/aromatic N) is 1. The third-order valence-electron chi connectivity index (χ3n) is 13.5. The van der Waals surface area contributed by atoms with Crippen molar-refractivity contribution in [3.05, 3.63) is 261 Å². The Kier molecular flexibility index (Phi) is 10.3. The fraction of sp³-hybridized carbons (Fsp3) is 0. The second kappa shape index (κ2) is 17.4. The minimum absolute atomic E-state index is 1.10. The van der Waals surface area contributed by atoms with Gasteiger partial charge >= 0.3 is 0 Å². The van der Waals surface area contributed by atoms with Crippen LogP contribution in [0.5, 0.6) is 0 Å². The minimum atomic E-state index is 1.10. The lowest BCUT2D eigenvalue weighted by Gasteiger charge is -2.28. The maximum absolute atomic E-state index is 2.54. The number of anilines is 3. The van der Waals surface area contributed by atoms with Crippen LogP contribution in [-0.2, 0) is 0 Å². The van der Waals surface area contributed by atoms with E-state index in [4.69, 9.17) is 0 Å². The molecule has 0 N–H and O–H groups in total. The Morgan fingerprint density at radius 3 is 1.25 bits per heavy atom. The quantitative estimate of drug-likeness (QED) is 0.139. The van der Waals surface area contributed by atoms with Gasteiger partial charge in [0.2, 0.25) is 0 Å². The average Bonchev–Trinajstić information content (AvgIpc) is 4.01. The zero-order valence-corrected chi connectivity index (χ0v) is 39.2. The van der Waals surface area contributed by atoms with Crippen LogP contribution in [0, 0.1) is 0 Å². The fourth-order valence-corrected chi connectivity index (χ4v) is 12.7. The summed E-state index contributed by atoms with van der Waals surface area (Å²) in [4.78, 5) is 2.54. The summed E-state index contributed by atoms with van der Waals surface area (Å²) in [5.41, 5.74) is 18.0. The van der Waals surface area contributed by atoms with Crippen molar-refractivity contribution >= 4 is 80.1 Å². The predicted molar refractivity (Wildman–Crippen MR) is 300 cm³/mol. The molecule has 0 radical (unpaired) electrons. The molecule has 2 aromatic heterocycles. The van der Waals surface area contributed by atoms with Crippen molar-refractivity contribution in [1.82, 2.24) is 0 Å². The highest BCUT2D eigenvalue weighted by Crippen LogP contribution is 2.52. The van der Waals surface area contributed by atoms with Crippen molar-refractivity contribution in [2.75, 3.05) is 4.90 Å². The molecular weight excluding hydrogens is 871 g/mol. The van der Waals surface area contributed by atoms with Gasteiger partial charge in [0.25, 0.3) is 0 Å². The van der Waals surface area contributed by atoms with Crippen molar-refractivity contribution in [2.24, 2.45) is 0 Å². The third-order valence-corrected chi connectivity index (χ3v) is 15.8. The van der Waals surface area contributed by atoms with Crippen LogP contribution in [0.4, 0.5) is 17.1 Å². The molecular formula is C66H43NS2. The molecule has 0 saturated carbocycles. The predicted octanol–water partition coefficient (Wildman–Crippen LogP) is 19.9. The number of hydrogen-bond donors (Lipinski definition) is 0. The van der Waals surface area contributed by atoms with E-state index in [9.17, 15) is 0 Å². The van der Waals surface area contributed by atoms with E-state index in [1.807, 2.05) is 22.7 Å². The molecule has 11 aromatic carbocycles. The summed E-state index contributed by atoms with van der Waals surface area (Å²) in [7, 11) is 0. The molecule has 0 bridgehead atoms. The lowest BCUT2D eigenvalue weighted by Crippen LogP contribution is -2.11. The summed E-state index contributed by atoms with van der Waals surface area (Å²) < 4.78 is 5.09. The van der Waals surface area contributed by atoms with Gasteiger partial charge in [-0.1, -0.05) is 218 Å². The first-order valence-electron chi connectivity index (χ1n) is 23.5. The molecule has 0 aliphatic carbocycles. The van der Waals surface area contributed by atoms with Crippen molar-refractivity contribution in [2.45, 2.75) is 0 Å². The van der Waals surface area contributed by atoms with Crippen LogP contribution in [-0.4, -0.2) is 0 Å². The maximum Gasteiger partial charge on any atom is 0.0555 e. The van der Waals surface area contributed by atoms with E-state index in [-0.39, 0.29) is 0 Å². The zero-order valence-electron chi connectivity index (χ0n) is 37.6. The highest BCUT2D eigenvalue weighted by Gasteiger charge is 2.24. The highest BCUT2D eigenvalue weighted by molar-refractivity contribution is 7.26. The van der Waals surface area contributed by atoms with E-state index in [2.05, 4.69) is 266 Å². The molecule has 0 spiro atoms. The average molecular weight is 914 g/mol. The molecule has 3 heteroatoms. The summed E-state index contributed by atoms with van der Waals surface area (Å²) in [5.74, 6) is 0. The summed E-state index contributed by atoms with van der Waals surface area (Å²) in [5, 5.41) is 5.03. The zero-order chi connectivity index (χ0) is 45.7. The van der Waals surface area contributed by atoms with Crippen LogP contribution >= 0.6 is 22.7 Å². The second-order valence-corrected chi connectivity index (χ2v) is 19.7. The monoisotopic (exact) mass is 913 g/mol. The van der Waals surface area contributed by atoms with Crippen LogP contribution in [0.2, 0.25) is 0 Å². The smallest absolute Gasteiger partial charge is 0.0555 e. The fourth-order valence-electron chi connectivity index (χ4n) is 10.3. The van der Waals surface area contributed by atoms with Crippen molar-refractivity contribution in [3.8, 4) is 66.8 Å². The Hall–Kier alpha value is -8.34. The van der Waals surface area contributed by atoms with Gasteiger partial charge in [0.1, 0.15) is 0 Å². The van der Waals surface area contributed by atoms with Crippen LogP contribution in [0.3, 0.4) is 0 Å². The Balaban J connectivity index is 1.04. The topological polar surface area (TPSA) is 3.24 Å². The van der Waals surface area contributed by atoms with E-state index in [1.165, 1.54) is 107 Å². The lowest BCUT2D eigenvalue weighted by atomic mass is 9.89. The van der Waals surface area contributed by atoms with E-state index in [1.54, 1.807) is 0 Å². The van der Waals surface area contributed by atoms with E-state index < -0.39 is 0 Å². The molecule has 0 atom stereocenters. The van der Waals surface area contributed by atoms with Gasteiger partial charge in [0.05, 0.1) is 11.4 Å².